The summed E-state index contributed by atoms with van der Waals surface area (Å²) in [6.45, 7) is 3.74. The first-order chi connectivity index (χ1) is 9.90. The van der Waals surface area contributed by atoms with Gasteiger partial charge < -0.3 is 0 Å². The molecular formula is C14H18N2O3S2. The Kier molecular flexibility index (Phi) is 6.72. The number of hydrogen-bond acceptors (Lipinski definition) is 5. The van der Waals surface area contributed by atoms with Gasteiger partial charge in [0.2, 0.25) is 5.91 Å². The van der Waals surface area contributed by atoms with Crippen LogP contribution in [0.15, 0.2) is 29.2 Å². The van der Waals surface area contributed by atoms with Gasteiger partial charge in [-0.05, 0) is 43.4 Å². The number of rotatable bonds is 7. The van der Waals surface area contributed by atoms with E-state index >= 15 is 0 Å². The molecule has 7 heteroatoms. The third-order valence-electron chi connectivity index (χ3n) is 2.76. The Balaban J connectivity index is 2.70. The lowest BCUT2D eigenvalue weighted by Gasteiger charge is -2.12. The van der Waals surface area contributed by atoms with E-state index in [9.17, 15) is 13.2 Å². The Morgan fingerprint density at radius 2 is 2.00 bits per heavy atom. The van der Waals surface area contributed by atoms with E-state index in [4.69, 9.17) is 5.26 Å². The van der Waals surface area contributed by atoms with Crippen LogP contribution in [-0.2, 0) is 14.8 Å². The van der Waals surface area contributed by atoms with Crippen LogP contribution in [0.25, 0.3) is 0 Å². The minimum atomic E-state index is -3.88. The summed E-state index contributed by atoms with van der Waals surface area (Å²) in [5.74, 6) is 0.294. The van der Waals surface area contributed by atoms with Crippen LogP contribution in [-0.4, -0.2) is 25.3 Å². The summed E-state index contributed by atoms with van der Waals surface area (Å²) in [5, 5.41) is 8.25. The molecule has 21 heavy (non-hydrogen) atoms. The van der Waals surface area contributed by atoms with Crippen LogP contribution in [0.5, 0.6) is 0 Å². The lowest BCUT2D eigenvalue weighted by atomic mass is 10.2. The van der Waals surface area contributed by atoms with Gasteiger partial charge in [0.1, 0.15) is 0 Å². The van der Waals surface area contributed by atoms with E-state index in [0.717, 1.165) is 18.6 Å². The highest BCUT2D eigenvalue weighted by Crippen LogP contribution is 2.15. The number of benzene rings is 1. The molecule has 1 atom stereocenters. The summed E-state index contributed by atoms with van der Waals surface area (Å²) >= 11 is 1.43. The van der Waals surface area contributed by atoms with Crippen molar-refractivity contribution in [1.82, 2.24) is 4.72 Å². The molecule has 1 rings (SSSR count). The first kappa shape index (κ1) is 17.5. The average molecular weight is 326 g/mol. The Morgan fingerprint density at radius 1 is 1.38 bits per heavy atom. The normalized spacial score (nSPS) is 12.4. The van der Waals surface area contributed by atoms with Crippen LogP contribution >= 0.6 is 11.8 Å². The van der Waals surface area contributed by atoms with E-state index in [0.29, 0.717) is 5.56 Å². The van der Waals surface area contributed by atoms with Crippen LogP contribution < -0.4 is 4.72 Å². The number of nitrogens with one attached hydrogen (secondary N) is 1. The number of nitriles is 1. The standard InChI is InChI=1S/C14H18N2O3S2/c1-3-4-9-20-11(2)14(17)16-21(18,19)13-7-5-12(10-15)6-8-13/h5-8,11H,3-4,9H2,1-2H3,(H,16,17)/t11-/m1/s1. The van der Waals surface area contributed by atoms with Gasteiger partial charge in [-0.1, -0.05) is 13.3 Å². The van der Waals surface area contributed by atoms with Crippen molar-refractivity contribution < 1.29 is 13.2 Å². The van der Waals surface area contributed by atoms with Crippen molar-refractivity contribution in [2.24, 2.45) is 0 Å². The van der Waals surface area contributed by atoms with Crippen LogP contribution in [0.1, 0.15) is 32.3 Å². The van der Waals surface area contributed by atoms with Gasteiger partial charge in [-0.15, -0.1) is 11.8 Å². The summed E-state index contributed by atoms with van der Waals surface area (Å²) in [6, 6.07) is 7.33. The van der Waals surface area contributed by atoms with Crippen molar-refractivity contribution in [2.75, 3.05) is 5.75 Å². The zero-order valence-corrected chi connectivity index (χ0v) is 13.6. The molecule has 1 aromatic carbocycles. The molecule has 1 amide bonds. The Morgan fingerprint density at radius 3 is 2.52 bits per heavy atom. The Labute approximate surface area is 129 Å². The Bertz CT molecular complexity index is 619. The van der Waals surface area contributed by atoms with E-state index in [-0.39, 0.29) is 4.90 Å². The summed E-state index contributed by atoms with van der Waals surface area (Å²) < 4.78 is 26.2. The van der Waals surface area contributed by atoms with Gasteiger partial charge in [-0.3, -0.25) is 4.79 Å². The largest absolute Gasteiger partial charge is 0.273 e. The average Bonchev–Trinajstić information content (AvgIpc) is 2.47. The molecule has 0 aliphatic carbocycles. The van der Waals surface area contributed by atoms with Crippen LogP contribution in [0.2, 0.25) is 0 Å². The number of carbonyl (C=O) groups is 1. The first-order valence-electron chi connectivity index (χ1n) is 6.59. The molecule has 0 unspecified atom stereocenters. The topological polar surface area (TPSA) is 87.0 Å². The number of hydrogen-bond donors (Lipinski definition) is 1. The third kappa shape index (κ3) is 5.40. The van der Waals surface area contributed by atoms with Crippen molar-refractivity contribution in [3.8, 4) is 6.07 Å². The zero-order valence-electron chi connectivity index (χ0n) is 12.0. The SMILES string of the molecule is CCCCS[C@H](C)C(=O)NS(=O)(=O)c1ccc(C#N)cc1. The maximum atomic E-state index is 12.1. The molecule has 0 aliphatic rings. The quantitative estimate of drug-likeness (QED) is 0.777. The fraction of sp³-hybridized carbons (Fsp3) is 0.429. The molecule has 1 N–H and O–H groups in total. The van der Waals surface area contributed by atoms with Crippen LogP contribution in [0.4, 0.5) is 0 Å². The number of carbonyl (C=O) groups excluding carboxylic acids is 1. The van der Waals surface area contributed by atoms with Gasteiger partial charge in [0.25, 0.3) is 10.0 Å². The highest BCUT2D eigenvalue weighted by Gasteiger charge is 2.21. The second-order valence-corrected chi connectivity index (χ2v) is 7.60. The number of unbranched alkanes of at least 4 members (excludes halogenated alkanes) is 1. The maximum Gasteiger partial charge on any atom is 0.264 e. The van der Waals surface area contributed by atoms with Crippen LogP contribution in [0, 0.1) is 11.3 Å². The molecule has 0 spiro atoms. The van der Waals surface area contributed by atoms with E-state index in [1.54, 1.807) is 6.92 Å². The molecule has 5 nitrogen and oxygen atoms in total. The predicted octanol–water partition coefficient (Wildman–Crippen LogP) is 2.28. The highest BCUT2D eigenvalue weighted by atomic mass is 32.2. The second-order valence-electron chi connectivity index (χ2n) is 4.47. The van der Waals surface area contributed by atoms with Crippen molar-refractivity contribution in [2.45, 2.75) is 36.8 Å². The summed E-state index contributed by atoms with van der Waals surface area (Å²) in [4.78, 5) is 11.9. The molecule has 1 aromatic rings. The lowest BCUT2D eigenvalue weighted by Crippen LogP contribution is -2.36. The highest BCUT2D eigenvalue weighted by molar-refractivity contribution is 8.00. The number of amides is 1. The van der Waals surface area contributed by atoms with E-state index in [2.05, 4.69) is 11.6 Å². The van der Waals surface area contributed by atoms with Crippen molar-refractivity contribution in [1.29, 1.82) is 5.26 Å². The molecule has 0 aromatic heterocycles. The molecule has 114 valence electrons. The van der Waals surface area contributed by atoms with E-state index < -0.39 is 21.2 Å². The van der Waals surface area contributed by atoms with Crippen molar-refractivity contribution >= 4 is 27.7 Å². The van der Waals surface area contributed by atoms with Gasteiger partial charge in [0.15, 0.2) is 0 Å². The molecular weight excluding hydrogens is 308 g/mol. The van der Waals surface area contributed by atoms with E-state index in [1.165, 1.54) is 36.0 Å². The smallest absolute Gasteiger partial charge is 0.264 e. The molecule has 0 heterocycles. The summed E-state index contributed by atoms with van der Waals surface area (Å²) in [7, 11) is -3.88. The molecule has 0 saturated heterocycles. The fourth-order valence-corrected chi connectivity index (χ4v) is 3.61. The zero-order chi connectivity index (χ0) is 15.9. The van der Waals surface area contributed by atoms with Gasteiger partial charge in [-0.25, -0.2) is 13.1 Å². The third-order valence-corrected chi connectivity index (χ3v) is 5.36. The molecule has 0 fully saturated rings. The number of sulfonamides is 1. The second kappa shape index (κ2) is 8.05. The van der Waals surface area contributed by atoms with Crippen molar-refractivity contribution in [3.63, 3.8) is 0 Å². The number of thioether (sulfide) groups is 1. The fourth-order valence-electron chi connectivity index (χ4n) is 1.46. The predicted molar refractivity (Wildman–Crippen MR) is 83.3 cm³/mol. The first-order valence-corrected chi connectivity index (χ1v) is 9.12. The van der Waals surface area contributed by atoms with Crippen LogP contribution in [0.3, 0.4) is 0 Å². The van der Waals surface area contributed by atoms with Gasteiger partial charge in [-0.2, -0.15) is 5.26 Å². The van der Waals surface area contributed by atoms with E-state index in [1.807, 2.05) is 6.07 Å². The minimum absolute atomic E-state index is 0.0272. The van der Waals surface area contributed by atoms with Gasteiger partial charge in [0.05, 0.1) is 21.8 Å². The molecule has 0 aliphatic heterocycles. The lowest BCUT2D eigenvalue weighted by molar-refractivity contribution is -0.118. The minimum Gasteiger partial charge on any atom is -0.273 e. The molecule has 0 saturated carbocycles. The maximum absolute atomic E-state index is 12.1. The van der Waals surface area contributed by atoms with Gasteiger partial charge in [0, 0.05) is 0 Å². The van der Waals surface area contributed by atoms with Crippen molar-refractivity contribution in [3.05, 3.63) is 29.8 Å². The summed E-state index contributed by atoms with van der Waals surface area (Å²) in [6.07, 6.45) is 2.02. The molecule has 0 bridgehead atoms. The Hall–Kier alpha value is -1.52. The summed E-state index contributed by atoms with van der Waals surface area (Å²) in [5.41, 5.74) is 0.365. The van der Waals surface area contributed by atoms with Gasteiger partial charge >= 0.3 is 0 Å². The monoisotopic (exact) mass is 326 g/mol. The number of nitrogens with zero attached hydrogens (tertiary/aromatic N) is 1. The molecule has 0 radical (unpaired) electrons.